The van der Waals surface area contributed by atoms with Crippen molar-refractivity contribution in [2.24, 2.45) is 5.73 Å². The van der Waals surface area contributed by atoms with Crippen molar-refractivity contribution >= 4 is 9.84 Å². The third-order valence-electron chi connectivity index (χ3n) is 2.32. The van der Waals surface area contributed by atoms with Crippen molar-refractivity contribution in [3.63, 3.8) is 0 Å². The number of hydrogen-bond acceptors (Lipinski definition) is 3. The van der Waals surface area contributed by atoms with Crippen molar-refractivity contribution < 1.29 is 8.42 Å². The largest absolute Gasteiger partial charge is 0.324 e. The Hall–Kier alpha value is -0.870. The fraction of sp³-hybridized carbons (Fsp3) is 0.455. The summed E-state index contributed by atoms with van der Waals surface area (Å²) in [6.45, 7) is 2.03. The Morgan fingerprint density at radius 2 is 1.93 bits per heavy atom. The summed E-state index contributed by atoms with van der Waals surface area (Å²) in [6, 6.07) is 6.75. The van der Waals surface area contributed by atoms with Crippen molar-refractivity contribution in [1.82, 2.24) is 0 Å². The van der Waals surface area contributed by atoms with E-state index in [0.29, 0.717) is 4.90 Å². The first-order valence-corrected chi connectivity index (χ1v) is 6.90. The van der Waals surface area contributed by atoms with Crippen LogP contribution < -0.4 is 5.73 Å². The summed E-state index contributed by atoms with van der Waals surface area (Å²) in [5.74, 6) is 0. The summed E-state index contributed by atoms with van der Waals surface area (Å²) in [5.41, 5.74) is 6.66. The maximum absolute atomic E-state index is 11.5. The molecule has 0 heterocycles. The van der Waals surface area contributed by atoms with Crippen LogP contribution in [0.2, 0.25) is 0 Å². The van der Waals surface area contributed by atoms with Crippen LogP contribution in [0.5, 0.6) is 0 Å². The third-order valence-corrected chi connectivity index (χ3v) is 3.49. The second kappa shape index (κ2) is 4.77. The highest BCUT2D eigenvalue weighted by Crippen LogP contribution is 2.23. The van der Waals surface area contributed by atoms with Crippen LogP contribution >= 0.6 is 0 Å². The second-order valence-corrected chi connectivity index (χ2v) is 5.69. The molecule has 0 radical (unpaired) electrons. The summed E-state index contributed by atoms with van der Waals surface area (Å²) in [4.78, 5) is 0.353. The van der Waals surface area contributed by atoms with E-state index in [1.165, 1.54) is 6.26 Å². The van der Waals surface area contributed by atoms with Gasteiger partial charge < -0.3 is 5.73 Å². The van der Waals surface area contributed by atoms with E-state index in [1.54, 1.807) is 18.2 Å². The minimum atomic E-state index is -3.18. The highest BCUT2D eigenvalue weighted by molar-refractivity contribution is 7.90. The van der Waals surface area contributed by atoms with Crippen molar-refractivity contribution in [2.45, 2.75) is 30.7 Å². The van der Waals surface area contributed by atoms with Crippen LogP contribution in [0.4, 0.5) is 0 Å². The smallest absolute Gasteiger partial charge is 0.175 e. The summed E-state index contributed by atoms with van der Waals surface area (Å²) in [7, 11) is -3.18. The van der Waals surface area contributed by atoms with E-state index < -0.39 is 9.84 Å². The first-order valence-electron chi connectivity index (χ1n) is 5.01. The average Bonchev–Trinajstić information content (AvgIpc) is 2.17. The molecule has 0 aliphatic heterocycles. The van der Waals surface area contributed by atoms with E-state index in [1.807, 2.05) is 13.0 Å². The monoisotopic (exact) mass is 227 g/mol. The molecule has 0 amide bonds. The van der Waals surface area contributed by atoms with E-state index in [-0.39, 0.29) is 6.04 Å². The van der Waals surface area contributed by atoms with E-state index in [4.69, 9.17) is 5.73 Å². The molecule has 0 fully saturated rings. The van der Waals surface area contributed by atoms with E-state index in [9.17, 15) is 8.42 Å². The minimum absolute atomic E-state index is 0.194. The van der Waals surface area contributed by atoms with Gasteiger partial charge in [0.15, 0.2) is 9.84 Å². The molecule has 15 heavy (non-hydrogen) atoms. The zero-order chi connectivity index (χ0) is 11.5. The Kier molecular flexibility index (Phi) is 3.88. The Morgan fingerprint density at radius 3 is 2.47 bits per heavy atom. The van der Waals surface area contributed by atoms with Gasteiger partial charge in [-0.25, -0.2) is 8.42 Å². The van der Waals surface area contributed by atoms with Gasteiger partial charge in [-0.1, -0.05) is 31.5 Å². The fourth-order valence-corrected chi connectivity index (χ4v) is 2.56. The van der Waals surface area contributed by atoms with Gasteiger partial charge in [0.2, 0.25) is 0 Å². The van der Waals surface area contributed by atoms with Gasteiger partial charge in [0.05, 0.1) is 4.90 Å². The number of sulfone groups is 1. The SMILES string of the molecule is CCCC(N)c1ccccc1S(C)(=O)=O. The molecule has 3 nitrogen and oxygen atoms in total. The van der Waals surface area contributed by atoms with Gasteiger partial charge in [0.25, 0.3) is 0 Å². The van der Waals surface area contributed by atoms with Gasteiger partial charge in [0.1, 0.15) is 0 Å². The van der Waals surface area contributed by atoms with Crippen LogP contribution in [0.3, 0.4) is 0 Å². The van der Waals surface area contributed by atoms with Crippen LogP contribution in [0.1, 0.15) is 31.4 Å². The summed E-state index contributed by atoms with van der Waals surface area (Å²) in [6.07, 6.45) is 2.95. The molecule has 1 unspecified atom stereocenters. The van der Waals surface area contributed by atoms with Gasteiger partial charge in [0, 0.05) is 12.3 Å². The summed E-state index contributed by atoms with van der Waals surface area (Å²) in [5, 5.41) is 0. The molecule has 0 spiro atoms. The molecular weight excluding hydrogens is 210 g/mol. The molecule has 0 saturated carbocycles. The quantitative estimate of drug-likeness (QED) is 0.854. The van der Waals surface area contributed by atoms with Crippen molar-refractivity contribution in [3.05, 3.63) is 29.8 Å². The molecular formula is C11H17NO2S. The van der Waals surface area contributed by atoms with Crippen molar-refractivity contribution in [3.8, 4) is 0 Å². The third kappa shape index (κ3) is 3.04. The standard InChI is InChI=1S/C11H17NO2S/c1-3-6-10(12)9-7-4-5-8-11(9)15(2,13)14/h4-5,7-8,10H,3,6,12H2,1-2H3. The highest BCUT2D eigenvalue weighted by Gasteiger charge is 2.16. The number of rotatable bonds is 4. The van der Waals surface area contributed by atoms with E-state index in [0.717, 1.165) is 18.4 Å². The molecule has 1 aromatic carbocycles. The molecule has 4 heteroatoms. The fourth-order valence-electron chi connectivity index (χ4n) is 1.59. The molecule has 0 aliphatic rings. The van der Waals surface area contributed by atoms with Gasteiger partial charge in [-0.15, -0.1) is 0 Å². The Bertz CT molecular complexity index is 426. The lowest BCUT2D eigenvalue weighted by atomic mass is 10.0. The van der Waals surface area contributed by atoms with Crippen LogP contribution in [0, 0.1) is 0 Å². The molecule has 2 N–H and O–H groups in total. The van der Waals surface area contributed by atoms with Gasteiger partial charge in [-0.3, -0.25) is 0 Å². The lowest BCUT2D eigenvalue weighted by Crippen LogP contribution is -2.14. The first kappa shape index (κ1) is 12.2. The van der Waals surface area contributed by atoms with Crippen LogP contribution in [0.25, 0.3) is 0 Å². The molecule has 0 aromatic heterocycles. The topological polar surface area (TPSA) is 60.2 Å². The number of benzene rings is 1. The van der Waals surface area contributed by atoms with Gasteiger partial charge in [-0.05, 0) is 18.1 Å². The second-order valence-electron chi connectivity index (χ2n) is 3.71. The Labute approximate surface area is 91.2 Å². The van der Waals surface area contributed by atoms with Crippen LogP contribution in [0.15, 0.2) is 29.2 Å². The maximum atomic E-state index is 11.5. The molecule has 1 atom stereocenters. The molecule has 0 bridgehead atoms. The van der Waals surface area contributed by atoms with E-state index in [2.05, 4.69) is 0 Å². The predicted molar refractivity (Wildman–Crippen MR) is 61.4 cm³/mol. The number of hydrogen-bond donors (Lipinski definition) is 1. The summed E-state index contributed by atoms with van der Waals surface area (Å²) >= 11 is 0. The molecule has 0 aliphatic carbocycles. The van der Waals surface area contributed by atoms with Crippen molar-refractivity contribution in [2.75, 3.05) is 6.26 Å². The van der Waals surface area contributed by atoms with Crippen LogP contribution in [-0.2, 0) is 9.84 Å². The number of nitrogens with two attached hydrogens (primary N) is 1. The zero-order valence-corrected chi connectivity index (χ0v) is 9.92. The Morgan fingerprint density at radius 1 is 1.33 bits per heavy atom. The van der Waals surface area contributed by atoms with Gasteiger partial charge in [-0.2, -0.15) is 0 Å². The zero-order valence-electron chi connectivity index (χ0n) is 9.10. The van der Waals surface area contributed by atoms with Crippen LogP contribution in [-0.4, -0.2) is 14.7 Å². The lowest BCUT2D eigenvalue weighted by molar-refractivity contribution is 0.591. The molecule has 1 aromatic rings. The molecule has 0 saturated heterocycles. The normalized spacial score (nSPS) is 13.8. The Balaban J connectivity index is 3.18. The maximum Gasteiger partial charge on any atom is 0.175 e. The molecule has 84 valence electrons. The summed E-state index contributed by atoms with van der Waals surface area (Å²) < 4.78 is 23.0. The first-order chi connectivity index (χ1) is 6.96. The lowest BCUT2D eigenvalue weighted by Gasteiger charge is -2.14. The van der Waals surface area contributed by atoms with E-state index >= 15 is 0 Å². The highest BCUT2D eigenvalue weighted by atomic mass is 32.2. The minimum Gasteiger partial charge on any atom is -0.324 e. The molecule has 1 rings (SSSR count). The van der Waals surface area contributed by atoms with Gasteiger partial charge >= 0.3 is 0 Å². The predicted octanol–water partition coefficient (Wildman–Crippen LogP) is 1.89. The average molecular weight is 227 g/mol. The van der Waals surface area contributed by atoms with Crippen molar-refractivity contribution in [1.29, 1.82) is 0 Å².